The van der Waals surface area contributed by atoms with Gasteiger partial charge in [-0.25, -0.2) is 0 Å². The number of nitrogens with one attached hydrogen (secondary N) is 1. The molecule has 0 aliphatic carbocycles. The second-order valence-corrected chi connectivity index (χ2v) is 4.00. The molecule has 1 unspecified atom stereocenters. The van der Waals surface area contributed by atoms with Gasteiger partial charge in [0.2, 0.25) is 5.91 Å². The number of methoxy groups -OCH3 is 2. The van der Waals surface area contributed by atoms with Gasteiger partial charge in [-0.2, -0.15) is 0 Å². The van der Waals surface area contributed by atoms with Crippen LogP contribution in [-0.2, 0) is 16.1 Å². The van der Waals surface area contributed by atoms with Gasteiger partial charge < -0.3 is 19.9 Å². The Bertz CT molecular complexity index is 450. The standard InChI is InChI=1S/C13H17NO5/c1-8(13(16)17)12(15)14-7-9-4-10(18-2)6-11(5-9)19-3/h4-6,8H,7H2,1-3H3,(H,14,15)(H,16,17). The highest BCUT2D eigenvalue weighted by molar-refractivity contribution is 5.96. The first-order valence-electron chi connectivity index (χ1n) is 5.70. The quantitative estimate of drug-likeness (QED) is 0.752. The van der Waals surface area contributed by atoms with Crippen molar-refractivity contribution in [1.29, 1.82) is 0 Å². The van der Waals surface area contributed by atoms with E-state index in [0.717, 1.165) is 5.56 Å². The number of hydrogen-bond acceptors (Lipinski definition) is 4. The zero-order chi connectivity index (χ0) is 14.4. The van der Waals surface area contributed by atoms with Crippen LogP contribution in [0.1, 0.15) is 12.5 Å². The Kier molecular flexibility index (Phi) is 5.17. The molecule has 1 aromatic rings. The summed E-state index contributed by atoms with van der Waals surface area (Å²) < 4.78 is 10.2. The molecule has 0 spiro atoms. The van der Waals surface area contributed by atoms with E-state index in [0.29, 0.717) is 11.5 Å². The molecular formula is C13H17NO5. The van der Waals surface area contributed by atoms with Crippen LogP contribution in [0.3, 0.4) is 0 Å². The van der Waals surface area contributed by atoms with Gasteiger partial charge in [-0.15, -0.1) is 0 Å². The highest BCUT2D eigenvalue weighted by atomic mass is 16.5. The third-order valence-corrected chi connectivity index (χ3v) is 2.64. The van der Waals surface area contributed by atoms with Crippen LogP contribution in [0.4, 0.5) is 0 Å². The van der Waals surface area contributed by atoms with Crippen molar-refractivity contribution in [2.24, 2.45) is 5.92 Å². The Morgan fingerprint density at radius 1 is 1.21 bits per heavy atom. The van der Waals surface area contributed by atoms with Crippen molar-refractivity contribution in [3.05, 3.63) is 23.8 Å². The van der Waals surface area contributed by atoms with Crippen LogP contribution in [0, 0.1) is 5.92 Å². The fraction of sp³-hybridized carbons (Fsp3) is 0.385. The summed E-state index contributed by atoms with van der Waals surface area (Å²) in [5.41, 5.74) is 0.766. The third-order valence-electron chi connectivity index (χ3n) is 2.64. The predicted molar refractivity (Wildman–Crippen MR) is 68.2 cm³/mol. The molecule has 0 radical (unpaired) electrons. The molecule has 0 heterocycles. The lowest BCUT2D eigenvalue weighted by Crippen LogP contribution is -2.33. The first-order valence-corrected chi connectivity index (χ1v) is 5.70. The number of amides is 1. The number of carboxylic acid groups (broad SMARTS) is 1. The minimum atomic E-state index is -1.15. The summed E-state index contributed by atoms with van der Waals surface area (Å²) in [4.78, 5) is 22.2. The Morgan fingerprint density at radius 3 is 2.16 bits per heavy atom. The van der Waals surface area contributed by atoms with Crippen molar-refractivity contribution in [2.75, 3.05) is 14.2 Å². The van der Waals surface area contributed by atoms with Crippen molar-refractivity contribution in [1.82, 2.24) is 5.32 Å². The highest BCUT2D eigenvalue weighted by Crippen LogP contribution is 2.22. The fourth-order valence-corrected chi connectivity index (χ4v) is 1.42. The molecule has 0 bridgehead atoms. The monoisotopic (exact) mass is 267 g/mol. The summed E-state index contributed by atoms with van der Waals surface area (Å²) in [6.07, 6.45) is 0. The van der Waals surface area contributed by atoms with Crippen LogP contribution in [0.15, 0.2) is 18.2 Å². The summed E-state index contributed by atoms with van der Waals surface area (Å²) in [6, 6.07) is 5.20. The van der Waals surface area contributed by atoms with Gasteiger partial charge in [0.1, 0.15) is 17.4 Å². The highest BCUT2D eigenvalue weighted by Gasteiger charge is 2.19. The molecule has 0 saturated heterocycles. The van der Waals surface area contributed by atoms with E-state index in [1.807, 2.05) is 0 Å². The average molecular weight is 267 g/mol. The Labute approximate surface area is 111 Å². The minimum Gasteiger partial charge on any atom is -0.497 e. The summed E-state index contributed by atoms with van der Waals surface area (Å²) in [6.45, 7) is 1.55. The van der Waals surface area contributed by atoms with Gasteiger partial charge >= 0.3 is 5.97 Å². The Balaban J connectivity index is 2.72. The predicted octanol–water partition coefficient (Wildman–Crippen LogP) is 1.04. The summed E-state index contributed by atoms with van der Waals surface area (Å²) in [7, 11) is 3.06. The number of rotatable bonds is 6. The number of carboxylic acids is 1. The number of ether oxygens (including phenoxy) is 2. The molecule has 2 N–H and O–H groups in total. The number of carbonyl (C=O) groups excluding carboxylic acids is 1. The zero-order valence-electron chi connectivity index (χ0n) is 11.1. The van der Waals surface area contributed by atoms with Crippen LogP contribution in [0.25, 0.3) is 0 Å². The molecule has 0 aliphatic rings. The van der Waals surface area contributed by atoms with E-state index < -0.39 is 17.8 Å². The number of benzene rings is 1. The number of hydrogen-bond donors (Lipinski definition) is 2. The molecule has 0 fully saturated rings. The molecule has 0 aromatic heterocycles. The molecular weight excluding hydrogens is 250 g/mol. The van der Waals surface area contributed by atoms with E-state index in [-0.39, 0.29) is 6.54 Å². The van der Waals surface area contributed by atoms with Crippen molar-refractivity contribution in [3.8, 4) is 11.5 Å². The molecule has 1 aromatic carbocycles. The number of carbonyl (C=O) groups is 2. The normalized spacial score (nSPS) is 11.5. The fourth-order valence-electron chi connectivity index (χ4n) is 1.42. The van der Waals surface area contributed by atoms with Gasteiger partial charge in [0.25, 0.3) is 0 Å². The maximum atomic E-state index is 11.5. The second kappa shape index (κ2) is 6.63. The van der Waals surface area contributed by atoms with Crippen LogP contribution < -0.4 is 14.8 Å². The van der Waals surface area contributed by atoms with Crippen molar-refractivity contribution in [2.45, 2.75) is 13.5 Å². The van der Waals surface area contributed by atoms with E-state index in [4.69, 9.17) is 14.6 Å². The van der Waals surface area contributed by atoms with Crippen molar-refractivity contribution < 1.29 is 24.2 Å². The molecule has 104 valence electrons. The van der Waals surface area contributed by atoms with Gasteiger partial charge in [-0.3, -0.25) is 9.59 Å². The summed E-state index contributed by atoms with van der Waals surface area (Å²) in [5.74, 6) is -1.55. The largest absolute Gasteiger partial charge is 0.497 e. The lowest BCUT2D eigenvalue weighted by molar-refractivity contribution is -0.146. The maximum absolute atomic E-state index is 11.5. The van der Waals surface area contributed by atoms with Gasteiger partial charge in [-0.05, 0) is 24.6 Å². The van der Waals surface area contributed by atoms with Crippen LogP contribution in [0.5, 0.6) is 11.5 Å². The Morgan fingerprint density at radius 2 is 1.74 bits per heavy atom. The van der Waals surface area contributed by atoms with E-state index in [1.165, 1.54) is 21.1 Å². The topological polar surface area (TPSA) is 84.9 Å². The van der Waals surface area contributed by atoms with Crippen molar-refractivity contribution >= 4 is 11.9 Å². The van der Waals surface area contributed by atoms with Gasteiger partial charge in [-0.1, -0.05) is 0 Å². The molecule has 1 rings (SSSR count). The van der Waals surface area contributed by atoms with Gasteiger partial charge in [0.15, 0.2) is 0 Å². The van der Waals surface area contributed by atoms with E-state index in [9.17, 15) is 9.59 Å². The summed E-state index contributed by atoms with van der Waals surface area (Å²) in [5, 5.41) is 11.3. The molecule has 0 saturated carbocycles. The third kappa shape index (κ3) is 4.17. The zero-order valence-corrected chi connectivity index (χ0v) is 11.1. The van der Waals surface area contributed by atoms with E-state index in [2.05, 4.69) is 5.32 Å². The second-order valence-electron chi connectivity index (χ2n) is 4.00. The first-order chi connectivity index (χ1) is 8.97. The lowest BCUT2D eigenvalue weighted by atomic mass is 10.1. The van der Waals surface area contributed by atoms with E-state index in [1.54, 1.807) is 18.2 Å². The van der Waals surface area contributed by atoms with Gasteiger partial charge in [0.05, 0.1) is 14.2 Å². The van der Waals surface area contributed by atoms with Crippen LogP contribution in [0.2, 0.25) is 0 Å². The Hall–Kier alpha value is -2.24. The summed E-state index contributed by atoms with van der Waals surface area (Å²) >= 11 is 0. The molecule has 6 nitrogen and oxygen atoms in total. The number of aliphatic carboxylic acids is 1. The molecule has 19 heavy (non-hydrogen) atoms. The van der Waals surface area contributed by atoms with Crippen molar-refractivity contribution in [3.63, 3.8) is 0 Å². The van der Waals surface area contributed by atoms with Gasteiger partial charge in [0, 0.05) is 12.6 Å². The van der Waals surface area contributed by atoms with E-state index >= 15 is 0 Å². The van der Waals surface area contributed by atoms with Crippen LogP contribution in [-0.4, -0.2) is 31.2 Å². The molecule has 1 amide bonds. The maximum Gasteiger partial charge on any atom is 0.315 e. The molecule has 0 aliphatic heterocycles. The molecule has 1 atom stereocenters. The minimum absolute atomic E-state index is 0.212. The lowest BCUT2D eigenvalue weighted by Gasteiger charge is -2.11. The smallest absolute Gasteiger partial charge is 0.315 e. The molecule has 6 heteroatoms. The first kappa shape index (κ1) is 14.8. The SMILES string of the molecule is COc1cc(CNC(=O)C(C)C(=O)O)cc(OC)c1. The van der Waals surface area contributed by atoms with Crippen LogP contribution >= 0.6 is 0 Å². The average Bonchev–Trinajstić information content (AvgIpc) is 2.43.